The first-order valence-electron chi connectivity index (χ1n) is 8.91. The molecule has 0 amide bonds. The van der Waals surface area contributed by atoms with Crippen molar-refractivity contribution in [3.63, 3.8) is 0 Å². The highest BCUT2D eigenvalue weighted by atomic mass is 16.6. The standard InChI is InChI=1S/C20H24N2O7/c1-4-9-28-15(13-27-10-5-8-23)12-21-18-16-11-14(22(25)26)6-7-17(16)29-20(2,3)19(18)24/h4-7,11-12,18-19,21,24H,1,9-10,13H2,2-3H3/t18-,19+/m1/s1. The number of ether oxygens (including phenoxy) is 3. The molecule has 2 rings (SSSR count). The van der Waals surface area contributed by atoms with Gasteiger partial charge in [0.2, 0.25) is 0 Å². The van der Waals surface area contributed by atoms with E-state index in [1.54, 1.807) is 25.9 Å². The van der Waals surface area contributed by atoms with Crippen LogP contribution in [0.25, 0.3) is 0 Å². The molecule has 0 radical (unpaired) electrons. The van der Waals surface area contributed by atoms with Crippen LogP contribution >= 0.6 is 0 Å². The largest absolute Gasteiger partial charge is 0.490 e. The number of nitro groups is 1. The summed E-state index contributed by atoms with van der Waals surface area (Å²) in [6.45, 7) is 7.40. The number of fused-ring (bicyclic) bond motifs is 1. The Balaban J connectivity index is 2.30. The van der Waals surface area contributed by atoms with Crippen LogP contribution in [0.15, 0.2) is 48.9 Å². The van der Waals surface area contributed by atoms with Crippen molar-refractivity contribution in [1.82, 2.24) is 5.32 Å². The highest BCUT2D eigenvalue weighted by molar-refractivity contribution is 5.48. The first kappa shape index (κ1) is 22.2. The van der Waals surface area contributed by atoms with Crippen molar-refractivity contribution in [1.29, 1.82) is 0 Å². The van der Waals surface area contributed by atoms with Crippen LogP contribution in [0.2, 0.25) is 0 Å². The van der Waals surface area contributed by atoms with Gasteiger partial charge >= 0.3 is 0 Å². The Morgan fingerprint density at radius 1 is 1.48 bits per heavy atom. The molecule has 0 aromatic heterocycles. The molecular weight excluding hydrogens is 380 g/mol. The van der Waals surface area contributed by atoms with Gasteiger partial charge in [0.1, 0.15) is 42.4 Å². The smallest absolute Gasteiger partial charge is 0.270 e. The summed E-state index contributed by atoms with van der Waals surface area (Å²) in [6, 6.07) is 3.55. The van der Waals surface area contributed by atoms with E-state index in [9.17, 15) is 20.0 Å². The van der Waals surface area contributed by atoms with E-state index in [0.29, 0.717) is 17.1 Å². The van der Waals surface area contributed by atoms with Gasteiger partial charge in [0.15, 0.2) is 0 Å². The SMILES string of the molecule is C=CCOC(=CN[C@@H]1c2cc([N+](=O)[O-])ccc2OC(C)(C)[C@H]1O)COCC=C=O. The number of non-ortho nitro benzene ring substituents is 1. The summed E-state index contributed by atoms with van der Waals surface area (Å²) >= 11 is 0. The molecular formula is C20H24N2O7. The molecule has 156 valence electrons. The zero-order chi connectivity index (χ0) is 21.4. The minimum absolute atomic E-state index is 0.0591. The van der Waals surface area contributed by atoms with E-state index < -0.39 is 22.7 Å². The van der Waals surface area contributed by atoms with Gasteiger partial charge in [-0.15, -0.1) is 0 Å². The van der Waals surface area contributed by atoms with E-state index in [-0.39, 0.29) is 25.5 Å². The normalized spacial score (nSPS) is 19.9. The van der Waals surface area contributed by atoms with Gasteiger partial charge in [0.25, 0.3) is 5.69 Å². The Morgan fingerprint density at radius 2 is 2.24 bits per heavy atom. The fourth-order valence-electron chi connectivity index (χ4n) is 2.81. The van der Waals surface area contributed by atoms with E-state index in [4.69, 9.17) is 14.2 Å². The number of rotatable bonds is 10. The molecule has 0 bridgehead atoms. The fourth-order valence-corrected chi connectivity index (χ4v) is 2.81. The highest BCUT2D eigenvalue weighted by Gasteiger charge is 2.43. The number of aliphatic hydroxyl groups excluding tert-OH is 1. The Hall–Kier alpha value is -3.13. The lowest BCUT2D eigenvalue weighted by Gasteiger charge is -2.42. The first-order chi connectivity index (χ1) is 13.8. The second-order valence-corrected chi connectivity index (χ2v) is 6.82. The van der Waals surface area contributed by atoms with Crippen LogP contribution in [-0.2, 0) is 14.3 Å². The number of nitro benzene ring substituents is 1. The third-order valence-electron chi connectivity index (χ3n) is 4.28. The number of hydrogen-bond donors (Lipinski definition) is 2. The van der Waals surface area contributed by atoms with Crippen molar-refractivity contribution in [3.05, 3.63) is 64.6 Å². The second kappa shape index (κ2) is 9.88. The van der Waals surface area contributed by atoms with Crippen LogP contribution in [0.3, 0.4) is 0 Å². The Bertz CT molecular complexity index is 828. The quantitative estimate of drug-likeness (QED) is 0.152. The van der Waals surface area contributed by atoms with E-state index >= 15 is 0 Å². The summed E-state index contributed by atoms with van der Waals surface area (Å²) in [5.41, 5.74) is -0.584. The van der Waals surface area contributed by atoms with Gasteiger partial charge in [-0.1, -0.05) is 12.7 Å². The third-order valence-corrected chi connectivity index (χ3v) is 4.28. The van der Waals surface area contributed by atoms with E-state index in [2.05, 4.69) is 11.9 Å². The Morgan fingerprint density at radius 3 is 2.90 bits per heavy atom. The summed E-state index contributed by atoms with van der Waals surface area (Å²) in [5.74, 6) is 2.45. The molecule has 0 unspecified atom stereocenters. The van der Waals surface area contributed by atoms with E-state index in [1.165, 1.54) is 30.5 Å². The maximum Gasteiger partial charge on any atom is 0.270 e. The van der Waals surface area contributed by atoms with Gasteiger partial charge in [-0.3, -0.25) is 10.1 Å². The van der Waals surface area contributed by atoms with Crippen molar-refractivity contribution in [2.45, 2.75) is 31.6 Å². The Labute approximate surface area is 168 Å². The van der Waals surface area contributed by atoms with Gasteiger partial charge in [0.05, 0.1) is 17.6 Å². The monoisotopic (exact) mass is 404 g/mol. The summed E-state index contributed by atoms with van der Waals surface area (Å²) in [7, 11) is 0. The lowest BCUT2D eigenvalue weighted by Crippen LogP contribution is -2.51. The van der Waals surface area contributed by atoms with Crippen LogP contribution in [0.5, 0.6) is 5.75 Å². The lowest BCUT2D eigenvalue weighted by molar-refractivity contribution is -0.385. The molecule has 1 aromatic carbocycles. The predicted octanol–water partition coefficient (Wildman–Crippen LogP) is 2.21. The predicted molar refractivity (Wildman–Crippen MR) is 105 cm³/mol. The molecule has 0 saturated carbocycles. The molecule has 2 atom stereocenters. The molecule has 0 saturated heterocycles. The van der Waals surface area contributed by atoms with Crippen molar-refractivity contribution in [2.24, 2.45) is 0 Å². The van der Waals surface area contributed by atoms with Gasteiger partial charge in [-0.2, -0.15) is 0 Å². The van der Waals surface area contributed by atoms with Crippen LogP contribution in [0.1, 0.15) is 25.5 Å². The summed E-state index contributed by atoms with van der Waals surface area (Å²) in [5, 5.41) is 25.0. The minimum atomic E-state index is -1.01. The summed E-state index contributed by atoms with van der Waals surface area (Å²) < 4.78 is 16.6. The molecule has 1 aliphatic rings. The van der Waals surface area contributed by atoms with E-state index in [1.807, 2.05) is 0 Å². The van der Waals surface area contributed by atoms with Gasteiger partial charge in [0, 0.05) is 30.0 Å². The molecule has 0 aliphatic carbocycles. The molecule has 1 aromatic rings. The molecule has 0 spiro atoms. The van der Waals surface area contributed by atoms with Crippen LogP contribution in [-0.4, -0.2) is 47.5 Å². The lowest BCUT2D eigenvalue weighted by atomic mass is 9.86. The average molecular weight is 404 g/mol. The maximum atomic E-state index is 11.2. The maximum absolute atomic E-state index is 11.2. The van der Waals surface area contributed by atoms with Crippen molar-refractivity contribution >= 4 is 11.6 Å². The molecule has 2 N–H and O–H groups in total. The van der Waals surface area contributed by atoms with Gasteiger partial charge in [-0.25, -0.2) is 4.79 Å². The highest BCUT2D eigenvalue weighted by Crippen LogP contribution is 2.41. The third kappa shape index (κ3) is 5.68. The molecule has 29 heavy (non-hydrogen) atoms. The molecule has 1 aliphatic heterocycles. The number of nitrogens with zero attached hydrogens (tertiary/aromatic N) is 1. The number of hydrogen-bond acceptors (Lipinski definition) is 8. The number of carbonyl (C=O) groups excluding carboxylic acids is 1. The van der Waals surface area contributed by atoms with Crippen molar-refractivity contribution in [2.75, 3.05) is 19.8 Å². The summed E-state index contributed by atoms with van der Waals surface area (Å²) in [4.78, 5) is 20.9. The Kier molecular flexibility index (Phi) is 7.55. The fraction of sp³-hybridized carbons (Fsp3) is 0.400. The van der Waals surface area contributed by atoms with Crippen molar-refractivity contribution in [3.8, 4) is 5.75 Å². The zero-order valence-corrected chi connectivity index (χ0v) is 16.3. The minimum Gasteiger partial charge on any atom is -0.490 e. The second-order valence-electron chi connectivity index (χ2n) is 6.82. The zero-order valence-electron chi connectivity index (χ0n) is 16.3. The first-order valence-corrected chi connectivity index (χ1v) is 8.91. The number of nitrogens with one attached hydrogen (secondary N) is 1. The van der Waals surface area contributed by atoms with Crippen molar-refractivity contribution < 1.29 is 29.0 Å². The van der Waals surface area contributed by atoms with Crippen LogP contribution < -0.4 is 10.1 Å². The van der Waals surface area contributed by atoms with E-state index in [0.717, 1.165) is 0 Å². The van der Waals surface area contributed by atoms with Gasteiger partial charge < -0.3 is 24.6 Å². The van der Waals surface area contributed by atoms with Crippen LogP contribution in [0, 0.1) is 10.1 Å². The van der Waals surface area contributed by atoms with Crippen LogP contribution in [0.4, 0.5) is 5.69 Å². The average Bonchev–Trinajstić information content (AvgIpc) is 2.68. The van der Waals surface area contributed by atoms with Gasteiger partial charge in [-0.05, 0) is 19.9 Å². The molecule has 9 nitrogen and oxygen atoms in total. The summed E-state index contributed by atoms with van der Waals surface area (Å²) in [6.07, 6.45) is 3.27. The number of aliphatic hydroxyl groups is 1. The molecule has 1 heterocycles. The topological polar surface area (TPSA) is 120 Å². The molecule has 9 heteroatoms. The number of benzene rings is 1. The molecule has 0 fully saturated rings.